The monoisotopic (exact) mass is 334 g/mol. The number of nitrogens with zero attached hydrogens (tertiary/aromatic N) is 1. The highest BCUT2D eigenvalue weighted by molar-refractivity contribution is 9.13. The van der Waals surface area contributed by atoms with Gasteiger partial charge in [-0.3, -0.25) is 0 Å². The van der Waals surface area contributed by atoms with Crippen LogP contribution in [-0.4, -0.2) is 40.3 Å². The first-order chi connectivity index (χ1) is 5.69. The molecule has 0 bridgehead atoms. The molecule has 0 heterocycles. The zero-order valence-corrected chi connectivity index (χ0v) is 12.7. The average molecular weight is 337 g/mol. The molecule has 80 valence electrons. The fraction of sp³-hybridized carbons (Fsp3) is 1.00. The molecule has 0 aliphatic carbocycles. The fourth-order valence-electron chi connectivity index (χ4n) is 1.29. The van der Waals surface area contributed by atoms with Crippen molar-refractivity contribution in [2.75, 3.05) is 27.2 Å². The van der Waals surface area contributed by atoms with Gasteiger partial charge in [0.1, 0.15) is 3.78 Å². The summed E-state index contributed by atoms with van der Waals surface area (Å²) >= 11 is 13.2. The van der Waals surface area contributed by atoms with E-state index in [9.17, 15) is 0 Å². The Labute approximate surface area is 104 Å². The van der Waals surface area contributed by atoms with Gasteiger partial charge < -0.3 is 4.48 Å². The van der Waals surface area contributed by atoms with E-state index in [-0.39, 0.29) is 8.61 Å². The van der Waals surface area contributed by atoms with Crippen LogP contribution in [0.1, 0.15) is 20.3 Å². The molecule has 0 saturated carbocycles. The third kappa shape index (κ3) is 6.32. The van der Waals surface area contributed by atoms with E-state index in [0.717, 1.165) is 11.0 Å². The molecule has 1 nitrogen and oxygen atoms in total. The summed E-state index contributed by atoms with van der Waals surface area (Å²) in [5.41, 5.74) is 0. The highest BCUT2D eigenvalue weighted by Crippen LogP contribution is 2.33. The number of rotatable bonds is 5. The lowest BCUT2D eigenvalue weighted by Crippen LogP contribution is -2.47. The van der Waals surface area contributed by atoms with E-state index in [1.54, 1.807) is 0 Å². The summed E-state index contributed by atoms with van der Waals surface area (Å²) in [7, 11) is 4.46. The minimum atomic E-state index is -0.351. The van der Waals surface area contributed by atoms with Gasteiger partial charge >= 0.3 is 0 Å². The van der Waals surface area contributed by atoms with Gasteiger partial charge in [0.15, 0.2) is 0 Å². The lowest BCUT2D eigenvalue weighted by atomic mass is 10.2. The maximum atomic E-state index is 6.15. The van der Waals surface area contributed by atoms with Crippen molar-refractivity contribution in [3.8, 4) is 0 Å². The molecule has 0 radical (unpaired) electrons. The van der Waals surface area contributed by atoms with Crippen LogP contribution in [0.5, 0.6) is 0 Å². The van der Waals surface area contributed by atoms with Crippen molar-refractivity contribution in [3.05, 3.63) is 0 Å². The largest absolute Gasteiger partial charge is 0.327 e. The van der Waals surface area contributed by atoms with Gasteiger partial charge in [0, 0.05) is 0 Å². The van der Waals surface area contributed by atoms with Crippen LogP contribution in [0.15, 0.2) is 0 Å². The molecule has 0 rings (SSSR count). The minimum absolute atomic E-state index is 0.281. The molecule has 4 heteroatoms. The smallest absolute Gasteiger partial charge is 0.114 e. The van der Waals surface area contributed by atoms with Crippen molar-refractivity contribution >= 4 is 43.5 Å². The topological polar surface area (TPSA) is 0 Å². The van der Waals surface area contributed by atoms with E-state index in [0.29, 0.717) is 0 Å². The predicted octanol–water partition coefficient (Wildman–Crippen LogP) is 3.59. The molecule has 0 saturated heterocycles. The van der Waals surface area contributed by atoms with Crippen molar-refractivity contribution in [2.45, 2.75) is 28.9 Å². The van der Waals surface area contributed by atoms with E-state index < -0.39 is 0 Å². The number of hydrogen-bond acceptors (Lipinski definition) is 0. The van der Waals surface area contributed by atoms with E-state index >= 15 is 0 Å². The number of hydrogen-bond donors (Lipinski definition) is 0. The van der Waals surface area contributed by atoms with E-state index in [2.05, 4.69) is 52.9 Å². The minimum Gasteiger partial charge on any atom is -0.327 e. The second-order valence-electron chi connectivity index (χ2n) is 4.27. The van der Waals surface area contributed by atoms with Crippen LogP contribution in [0.4, 0.5) is 0 Å². The van der Waals surface area contributed by atoms with Gasteiger partial charge in [-0.15, -0.1) is 11.6 Å². The summed E-state index contributed by atoms with van der Waals surface area (Å²) < 4.78 is 0.649. The molecule has 0 aliphatic heterocycles. The molecule has 0 fully saturated rings. The van der Waals surface area contributed by atoms with Gasteiger partial charge in [-0.05, 0) is 13.3 Å². The second kappa shape index (κ2) is 5.34. The van der Waals surface area contributed by atoms with Crippen molar-refractivity contribution in [1.82, 2.24) is 0 Å². The summed E-state index contributed by atoms with van der Waals surface area (Å²) in [6, 6.07) is 0. The fourth-order valence-corrected chi connectivity index (χ4v) is 2.29. The van der Waals surface area contributed by atoms with Gasteiger partial charge in [0.25, 0.3) is 0 Å². The zero-order chi connectivity index (χ0) is 10.7. The SMILES string of the molecule is CCC[N+](C)(C)CC(Br)C(C)(Cl)Br. The Bertz CT molecular complexity index is 154. The maximum Gasteiger partial charge on any atom is 0.114 e. The van der Waals surface area contributed by atoms with Crippen molar-refractivity contribution in [2.24, 2.45) is 0 Å². The predicted molar refractivity (Wildman–Crippen MR) is 68.0 cm³/mol. The molecule has 0 aromatic carbocycles. The van der Waals surface area contributed by atoms with Crippen LogP contribution in [0.3, 0.4) is 0 Å². The molecule has 2 atom stereocenters. The quantitative estimate of drug-likeness (QED) is 0.532. The van der Waals surface area contributed by atoms with Crippen LogP contribution in [0, 0.1) is 0 Å². The first kappa shape index (κ1) is 14.2. The number of halogens is 3. The third-order valence-corrected chi connectivity index (χ3v) is 4.93. The number of alkyl halides is 3. The first-order valence-electron chi connectivity index (χ1n) is 4.53. The molecular formula is C9H19Br2ClN+. The van der Waals surface area contributed by atoms with Gasteiger partial charge in [-0.2, -0.15) is 0 Å². The lowest BCUT2D eigenvalue weighted by molar-refractivity contribution is -0.889. The summed E-state index contributed by atoms with van der Waals surface area (Å²) in [6.45, 7) is 6.39. The lowest BCUT2D eigenvalue weighted by Gasteiger charge is -2.34. The normalized spacial score (nSPS) is 19.6. The molecule has 2 unspecified atom stereocenters. The first-order valence-corrected chi connectivity index (χ1v) is 6.61. The molecule has 13 heavy (non-hydrogen) atoms. The van der Waals surface area contributed by atoms with Gasteiger partial charge in [-0.25, -0.2) is 0 Å². The van der Waals surface area contributed by atoms with Gasteiger partial charge in [0.2, 0.25) is 0 Å². The van der Waals surface area contributed by atoms with Crippen molar-refractivity contribution < 1.29 is 4.48 Å². The zero-order valence-electron chi connectivity index (χ0n) is 8.78. The standard InChI is InChI=1S/C9H19Br2ClN/c1-5-6-13(3,4)7-8(10)9(2,11)12/h8H,5-7H2,1-4H3/q+1. The Morgan fingerprint density at radius 3 is 2.23 bits per heavy atom. The summed E-state index contributed by atoms with van der Waals surface area (Å²) in [5.74, 6) is 0. The molecule has 0 spiro atoms. The number of quaternary nitrogens is 1. The Morgan fingerprint density at radius 1 is 1.46 bits per heavy atom. The Hall–Kier alpha value is 1.21. The summed E-state index contributed by atoms with van der Waals surface area (Å²) in [6.07, 6.45) is 1.20. The molecule has 0 aliphatic rings. The maximum absolute atomic E-state index is 6.15. The summed E-state index contributed by atoms with van der Waals surface area (Å²) in [5, 5.41) is 0. The van der Waals surface area contributed by atoms with Crippen LogP contribution >= 0.6 is 43.5 Å². The Balaban J connectivity index is 4.11. The van der Waals surface area contributed by atoms with Crippen LogP contribution in [0.2, 0.25) is 0 Å². The molecular weight excluding hydrogens is 317 g/mol. The van der Waals surface area contributed by atoms with Gasteiger partial charge in [0.05, 0.1) is 32.0 Å². The molecule has 0 aromatic heterocycles. The van der Waals surface area contributed by atoms with E-state index in [1.807, 2.05) is 6.92 Å². The Kier molecular flexibility index (Phi) is 5.83. The van der Waals surface area contributed by atoms with Crippen molar-refractivity contribution in [1.29, 1.82) is 0 Å². The molecule has 0 aromatic rings. The van der Waals surface area contributed by atoms with Crippen LogP contribution in [0.25, 0.3) is 0 Å². The second-order valence-corrected chi connectivity index (χ2v) is 8.26. The molecule has 0 amide bonds. The van der Waals surface area contributed by atoms with Crippen molar-refractivity contribution in [3.63, 3.8) is 0 Å². The van der Waals surface area contributed by atoms with E-state index in [4.69, 9.17) is 11.6 Å². The third-order valence-electron chi connectivity index (χ3n) is 2.03. The highest BCUT2D eigenvalue weighted by Gasteiger charge is 2.32. The van der Waals surface area contributed by atoms with E-state index in [1.165, 1.54) is 13.0 Å². The van der Waals surface area contributed by atoms with Crippen LogP contribution in [-0.2, 0) is 0 Å². The molecule has 0 N–H and O–H groups in total. The summed E-state index contributed by atoms with van der Waals surface area (Å²) in [4.78, 5) is 0.281. The average Bonchev–Trinajstić information content (AvgIpc) is 1.83. The highest BCUT2D eigenvalue weighted by atomic mass is 79.9. The Morgan fingerprint density at radius 2 is 1.92 bits per heavy atom. The van der Waals surface area contributed by atoms with Gasteiger partial charge in [-0.1, -0.05) is 38.8 Å². The van der Waals surface area contributed by atoms with Crippen LogP contribution < -0.4 is 0 Å².